The first-order chi connectivity index (χ1) is 6.02. The maximum absolute atomic E-state index is 5.85. The lowest BCUT2D eigenvalue weighted by Crippen LogP contribution is -2.25. The minimum atomic E-state index is 0.342. The van der Waals surface area contributed by atoms with Gasteiger partial charge in [0.2, 0.25) is 0 Å². The molecule has 0 saturated carbocycles. The van der Waals surface area contributed by atoms with E-state index in [1.165, 1.54) is 12.8 Å². The zero-order valence-corrected chi connectivity index (χ0v) is 10.0. The summed E-state index contributed by atoms with van der Waals surface area (Å²) in [6, 6.07) is 0.389. The predicted octanol–water partition coefficient (Wildman–Crippen LogP) is 2.35. The van der Waals surface area contributed by atoms with E-state index in [4.69, 9.17) is 5.73 Å². The lowest BCUT2D eigenvalue weighted by molar-refractivity contribution is 0.319. The summed E-state index contributed by atoms with van der Waals surface area (Å²) in [6.45, 7) is 7.62. The summed E-state index contributed by atoms with van der Waals surface area (Å²) in [5.74, 6) is 0. The van der Waals surface area contributed by atoms with E-state index in [2.05, 4.69) is 38.3 Å². The predicted molar refractivity (Wildman–Crippen MR) is 62.9 cm³/mol. The van der Waals surface area contributed by atoms with Gasteiger partial charge in [-0.05, 0) is 24.7 Å². The number of nitrogens with two attached hydrogens (primary N) is 1. The molecule has 0 aliphatic heterocycles. The average Bonchev–Trinajstić information content (AvgIpc) is 2.03. The average molecular weight is 204 g/mol. The number of hydrogen-bond donors (Lipinski definition) is 3. The van der Waals surface area contributed by atoms with Crippen LogP contribution in [0, 0.1) is 5.41 Å². The lowest BCUT2D eigenvalue weighted by atomic mass is 9.86. The van der Waals surface area contributed by atoms with Gasteiger partial charge in [-0.2, -0.15) is 0 Å². The van der Waals surface area contributed by atoms with Crippen molar-refractivity contribution in [2.45, 2.75) is 52.5 Å². The van der Waals surface area contributed by atoms with Gasteiger partial charge in [-0.3, -0.25) is 4.72 Å². The van der Waals surface area contributed by atoms with Gasteiger partial charge in [0, 0.05) is 12.6 Å². The third-order valence-electron chi connectivity index (χ3n) is 2.51. The lowest BCUT2D eigenvalue weighted by Gasteiger charge is -2.24. The normalized spacial score (nSPS) is 14.5. The van der Waals surface area contributed by atoms with Crippen LogP contribution >= 0.6 is 12.8 Å². The highest BCUT2D eigenvalue weighted by Gasteiger charge is 2.16. The third kappa shape index (κ3) is 7.35. The van der Waals surface area contributed by atoms with Gasteiger partial charge >= 0.3 is 0 Å². The minimum absolute atomic E-state index is 0.342. The molecule has 1 unspecified atom stereocenters. The number of rotatable bonds is 7. The standard InChI is InChI=1S/C10H24N2S/c1-4-9(11)6-5-7-10(2,3)8-12-13/h9,12-13H,4-8,11H2,1-3H3. The number of thiol groups is 1. The summed E-state index contributed by atoms with van der Waals surface area (Å²) in [5, 5.41) is 0. The van der Waals surface area contributed by atoms with Crippen molar-refractivity contribution < 1.29 is 0 Å². The van der Waals surface area contributed by atoms with Crippen molar-refractivity contribution in [2.24, 2.45) is 11.1 Å². The Balaban J connectivity index is 3.50. The molecule has 0 fully saturated rings. The molecule has 0 saturated heterocycles. The molecule has 1 atom stereocenters. The molecule has 3 N–H and O–H groups in total. The SMILES string of the molecule is CCC(N)CCCC(C)(C)CNS. The number of hydrogen-bond acceptors (Lipinski definition) is 3. The maximum Gasteiger partial charge on any atom is 0.0107 e. The molecule has 0 aromatic carbocycles. The molecule has 0 aliphatic rings. The van der Waals surface area contributed by atoms with Crippen LogP contribution in [0.4, 0.5) is 0 Å². The van der Waals surface area contributed by atoms with Crippen LogP contribution in [0.1, 0.15) is 46.5 Å². The van der Waals surface area contributed by atoms with Gasteiger partial charge in [-0.25, -0.2) is 0 Å². The van der Waals surface area contributed by atoms with E-state index in [1.54, 1.807) is 0 Å². The van der Waals surface area contributed by atoms with Crippen LogP contribution < -0.4 is 10.5 Å². The van der Waals surface area contributed by atoms with Gasteiger partial charge in [0.05, 0.1) is 0 Å². The molecule has 0 amide bonds. The summed E-state index contributed by atoms with van der Waals surface area (Å²) in [4.78, 5) is 0. The van der Waals surface area contributed by atoms with Crippen LogP contribution in [0.15, 0.2) is 0 Å². The molecule has 0 spiro atoms. The monoisotopic (exact) mass is 204 g/mol. The fraction of sp³-hybridized carbons (Fsp3) is 1.00. The largest absolute Gasteiger partial charge is 0.328 e. The van der Waals surface area contributed by atoms with Crippen molar-refractivity contribution in [2.75, 3.05) is 6.54 Å². The number of nitrogens with one attached hydrogen (secondary N) is 1. The second-order valence-corrected chi connectivity index (χ2v) is 4.88. The Morgan fingerprint density at radius 3 is 2.54 bits per heavy atom. The molecule has 0 aromatic rings. The van der Waals surface area contributed by atoms with E-state index in [0.717, 1.165) is 19.4 Å². The second-order valence-electron chi connectivity index (χ2n) is 4.56. The van der Waals surface area contributed by atoms with Crippen molar-refractivity contribution in [1.82, 2.24) is 4.72 Å². The van der Waals surface area contributed by atoms with Crippen molar-refractivity contribution >= 4 is 12.8 Å². The van der Waals surface area contributed by atoms with E-state index in [0.29, 0.717) is 11.5 Å². The van der Waals surface area contributed by atoms with E-state index in [-0.39, 0.29) is 0 Å². The van der Waals surface area contributed by atoms with E-state index in [1.807, 2.05) is 0 Å². The molecule has 0 aliphatic carbocycles. The molecule has 2 nitrogen and oxygen atoms in total. The molecule has 0 heterocycles. The topological polar surface area (TPSA) is 38.0 Å². The zero-order chi connectivity index (χ0) is 10.3. The van der Waals surface area contributed by atoms with Crippen molar-refractivity contribution in [3.05, 3.63) is 0 Å². The molecule has 3 heteroatoms. The van der Waals surface area contributed by atoms with Crippen LogP contribution in [-0.4, -0.2) is 12.6 Å². The van der Waals surface area contributed by atoms with Gasteiger partial charge in [-0.15, -0.1) is 0 Å². The van der Waals surface area contributed by atoms with E-state index >= 15 is 0 Å². The molecule has 0 aromatic heterocycles. The molecular formula is C10H24N2S. The minimum Gasteiger partial charge on any atom is -0.328 e. The smallest absolute Gasteiger partial charge is 0.0107 e. The Kier molecular flexibility index (Phi) is 6.82. The Morgan fingerprint density at radius 2 is 2.08 bits per heavy atom. The summed E-state index contributed by atoms with van der Waals surface area (Å²) >= 11 is 4.02. The van der Waals surface area contributed by atoms with Crippen LogP contribution in [0.25, 0.3) is 0 Å². The first-order valence-electron chi connectivity index (χ1n) is 5.14. The van der Waals surface area contributed by atoms with Crippen LogP contribution in [0.2, 0.25) is 0 Å². The summed E-state index contributed by atoms with van der Waals surface area (Å²) in [7, 11) is 0. The van der Waals surface area contributed by atoms with E-state index in [9.17, 15) is 0 Å². The third-order valence-corrected chi connectivity index (χ3v) is 2.67. The van der Waals surface area contributed by atoms with Gasteiger partial charge in [0.1, 0.15) is 0 Å². The highest BCUT2D eigenvalue weighted by atomic mass is 32.1. The highest BCUT2D eigenvalue weighted by Crippen LogP contribution is 2.22. The van der Waals surface area contributed by atoms with Crippen molar-refractivity contribution in [3.63, 3.8) is 0 Å². The van der Waals surface area contributed by atoms with Crippen LogP contribution in [-0.2, 0) is 0 Å². The molecule has 13 heavy (non-hydrogen) atoms. The van der Waals surface area contributed by atoms with Crippen molar-refractivity contribution in [3.8, 4) is 0 Å². The molecular weight excluding hydrogens is 180 g/mol. The van der Waals surface area contributed by atoms with Gasteiger partial charge in [0.15, 0.2) is 0 Å². The highest BCUT2D eigenvalue weighted by molar-refractivity contribution is 7.78. The summed E-state index contributed by atoms with van der Waals surface area (Å²) in [5.41, 5.74) is 6.19. The quantitative estimate of drug-likeness (QED) is 0.557. The first kappa shape index (κ1) is 13.3. The fourth-order valence-corrected chi connectivity index (χ4v) is 1.78. The van der Waals surface area contributed by atoms with Crippen LogP contribution in [0.3, 0.4) is 0 Å². The molecule has 80 valence electrons. The molecule has 0 rings (SSSR count). The Hall–Kier alpha value is 0.270. The Morgan fingerprint density at radius 1 is 1.46 bits per heavy atom. The molecule has 0 radical (unpaired) electrons. The van der Waals surface area contributed by atoms with Gasteiger partial charge in [0.25, 0.3) is 0 Å². The first-order valence-corrected chi connectivity index (χ1v) is 5.59. The Labute approximate surface area is 88.2 Å². The maximum atomic E-state index is 5.85. The van der Waals surface area contributed by atoms with Gasteiger partial charge < -0.3 is 5.73 Å². The second kappa shape index (κ2) is 6.68. The summed E-state index contributed by atoms with van der Waals surface area (Å²) < 4.78 is 2.92. The molecule has 0 bridgehead atoms. The van der Waals surface area contributed by atoms with Crippen molar-refractivity contribution in [1.29, 1.82) is 0 Å². The Bertz CT molecular complexity index is 126. The van der Waals surface area contributed by atoms with E-state index < -0.39 is 0 Å². The van der Waals surface area contributed by atoms with Gasteiger partial charge in [-0.1, -0.05) is 40.0 Å². The fourth-order valence-electron chi connectivity index (χ4n) is 1.35. The zero-order valence-electron chi connectivity index (χ0n) is 9.14. The summed E-state index contributed by atoms with van der Waals surface area (Å²) in [6.07, 6.45) is 4.67. The van der Waals surface area contributed by atoms with Crippen LogP contribution in [0.5, 0.6) is 0 Å².